The Kier molecular flexibility index (Phi) is 17.5. The first-order chi connectivity index (χ1) is 13.0. The van der Waals surface area contributed by atoms with Gasteiger partial charge >= 0.3 is 5.97 Å². The smallest absolute Gasteiger partial charge is 0.326 e. The number of carbonyl (C=O) groups excluding carboxylic acids is 1. The van der Waals surface area contributed by atoms with Crippen molar-refractivity contribution in [2.45, 2.75) is 115 Å². The molecule has 160 valence electrons. The van der Waals surface area contributed by atoms with Gasteiger partial charge in [0.2, 0.25) is 5.91 Å². The number of aliphatic carboxylic acids is 1. The van der Waals surface area contributed by atoms with Crippen molar-refractivity contribution in [3.8, 4) is 0 Å². The fourth-order valence-electron chi connectivity index (χ4n) is 3.19. The number of rotatable bonds is 19. The van der Waals surface area contributed by atoms with Crippen LogP contribution in [0.3, 0.4) is 0 Å². The van der Waals surface area contributed by atoms with E-state index < -0.39 is 24.0 Å². The van der Waals surface area contributed by atoms with Crippen LogP contribution in [0.15, 0.2) is 0 Å². The van der Waals surface area contributed by atoms with Gasteiger partial charge in [-0.25, -0.2) is 4.79 Å². The quantitative estimate of drug-likeness (QED) is 0.253. The van der Waals surface area contributed by atoms with Gasteiger partial charge in [0.05, 0.1) is 12.5 Å². The Morgan fingerprint density at radius 1 is 0.852 bits per heavy atom. The van der Waals surface area contributed by atoms with Crippen LogP contribution in [0.4, 0.5) is 0 Å². The maximum Gasteiger partial charge on any atom is 0.326 e. The lowest BCUT2D eigenvalue weighted by molar-refractivity contribution is -0.142. The van der Waals surface area contributed by atoms with Gasteiger partial charge in [0, 0.05) is 0 Å². The Hall–Kier alpha value is -1.14. The van der Waals surface area contributed by atoms with Gasteiger partial charge in [-0.1, -0.05) is 77.6 Å². The molecule has 0 aromatic heterocycles. The van der Waals surface area contributed by atoms with Crippen LogP contribution in [0.1, 0.15) is 103 Å². The van der Waals surface area contributed by atoms with Crippen molar-refractivity contribution >= 4 is 11.9 Å². The highest BCUT2D eigenvalue weighted by Crippen LogP contribution is 2.13. The summed E-state index contributed by atoms with van der Waals surface area (Å²) < 4.78 is 0. The molecule has 5 N–H and O–H groups in total. The van der Waals surface area contributed by atoms with Gasteiger partial charge in [-0.15, -0.1) is 0 Å². The number of aliphatic hydroxyl groups is 1. The molecule has 6 heteroatoms. The molecule has 0 fully saturated rings. The minimum Gasteiger partial charge on any atom is -0.480 e. The molecule has 0 aliphatic carbocycles. The summed E-state index contributed by atoms with van der Waals surface area (Å²) in [6.07, 6.45) is 14.4. The maximum absolute atomic E-state index is 11.9. The Morgan fingerprint density at radius 2 is 1.37 bits per heavy atom. The predicted molar refractivity (Wildman–Crippen MR) is 110 cm³/mol. The van der Waals surface area contributed by atoms with E-state index in [-0.39, 0.29) is 6.42 Å². The van der Waals surface area contributed by atoms with Gasteiger partial charge in [0.15, 0.2) is 0 Å². The highest BCUT2D eigenvalue weighted by atomic mass is 16.4. The van der Waals surface area contributed by atoms with Gasteiger partial charge in [-0.05, 0) is 25.8 Å². The molecule has 0 heterocycles. The first-order valence-electron chi connectivity index (χ1n) is 10.9. The molecule has 6 nitrogen and oxygen atoms in total. The van der Waals surface area contributed by atoms with E-state index in [0.29, 0.717) is 25.8 Å². The number of aliphatic hydroxyl groups excluding tert-OH is 1. The van der Waals surface area contributed by atoms with Crippen molar-refractivity contribution in [1.29, 1.82) is 0 Å². The Morgan fingerprint density at radius 3 is 1.85 bits per heavy atom. The molecule has 0 spiro atoms. The molecule has 2 unspecified atom stereocenters. The number of carboxylic acids is 1. The summed E-state index contributed by atoms with van der Waals surface area (Å²) in [6, 6.07) is -0.921. The first kappa shape index (κ1) is 25.9. The second-order valence-electron chi connectivity index (χ2n) is 7.57. The van der Waals surface area contributed by atoms with Gasteiger partial charge < -0.3 is 21.3 Å². The molecule has 0 aromatic rings. The lowest BCUT2D eigenvalue weighted by Gasteiger charge is -2.16. The summed E-state index contributed by atoms with van der Waals surface area (Å²) in [5.74, 6) is -1.47. The zero-order chi connectivity index (χ0) is 20.3. The standard InChI is InChI=1S/C21H42N2O4/c1-2-3-4-5-6-7-8-9-10-11-12-14-18(24)17-20(25)23-19(21(26)27)15-13-16-22/h18-19,24H,2-17,22H2,1H3,(H,23,25)(H,26,27). The number of amides is 1. The number of carboxylic acid groups (broad SMARTS) is 1. The van der Waals surface area contributed by atoms with E-state index in [1.54, 1.807) is 0 Å². The average molecular weight is 387 g/mol. The fourth-order valence-corrected chi connectivity index (χ4v) is 3.19. The summed E-state index contributed by atoms with van der Waals surface area (Å²) in [5.41, 5.74) is 5.37. The molecular formula is C21H42N2O4. The lowest BCUT2D eigenvalue weighted by atomic mass is 10.0. The SMILES string of the molecule is CCCCCCCCCCCCCC(O)CC(=O)NC(CCCN)C(=O)O. The molecule has 0 radical (unpaired) electrons. The normalized spacial score (nSPS) is 13.3. The number of carbonyl (C=O) groups is 2. The van der Waals surface area contributed by atoms with Crippen LogP contribution in [-0.4, -0.2) is 40.8 Å². The fraction of sp³-hybridized carbons (Fsp3) is 0.905. The summed E-state index contributed by atoms with van der Waals surface area (Å²) in [7, 11) is 0. The molecular weight excluding hydrogens is 344 g/mol. The summed E-state index contributed by atoms with van der Waals surface area (Å²) in [5, 5.41) is 21.5. The van der Waals surface area contributed by atoms with Crippen molar-refractivity contribution in [3.05, 3.63) is 0 Å². The van der Waals surface area contributed by atoms with Crippen LogP contribution < -0.4 is 11.1 Å². The Labute approximate surface area is 165 Å². The van der Waals surface area contributed by atoms with E-state index in [2.05, 4.69) is 12.2 Å². The Bertz CT molecular complexity index is 377. The van der Waals surface area contributed by atoms with Crippen LogP contribution in [0, 0.1) is 0 Å². The van der Waals surface area contributed by atoms with Crippen LogP contribution >= 0.6 is 0 Å². The number of unbranched alkanes of at least 4 members (excludes halogenated alkanes) is 10. The monoisotopic (exact) mass is 386 g/mol. The van der Waals surface area contributed by atoms with E-state index in [1.807, 2.05) is 0 Å². The zero-order valence-electron chi connectivity index (χ0n) is 17.3. The van der Waals surface area contributed by atoms with E-state index in [0.717, 1.165) is 12.8 Å². The number of hydrogen-bond donors (Lipinski definition) is 4. The third kappa shape index (κ3) is 16.7. The van der Waals surface area contributed by atoms with Crippen molar-refractivity contribution in [2.24, 2.45) is 5.73 Å². The molecule has 0 aliphatic rings. The van der Waals surface area contributed by atoms with Crippen molar-refractivity contribution in [2.75, 3.05) is 6.54 Å². The average Bonchev–Trinajstić information content (AvgIpc) is 2.62. The van der Waals surface area contributed by atoms with Crippen LogP contribution in [0.5, 0.6) is 0 Å². The minimum atomic E-state index is -1.06. The molecule has 27 heavy (non-hydrogen) atoms. The molecule has 0 bridgehead atoms. The summed E-state index contributed by atoms with van der Waals surface area (Å²) in [4.78, 5) is 23.0. The van der Waals surface area contributed by atoms with Crippen molar-refractivity contribution in [1.82, 2.24) is 5.32 Å². The Balaban J connectivity index is 3.63. The highest BCUT2D eigenvalue weighted by molar-refractivity contribution is 5.83. The van der Waals surface area contributed by atoms with E-state index in [1.165, 1.54) is 57.8 Å². The van der Waals surface area contributed by atoms with E-state index in [9.17, 15) is 14.7 Å². The second-order valence-corrected chi connectivity index (χ2v) is 7.57. The molecule has 0 saturated carbocycles. The highest BCUT2D eigenvalue weighted by Gasteiger charge is 2.20. The number of nitrogens with one attached hydrogen (secondary N) is 1. The molecule has 2 atom stereocenters. The third-order valence-electron chi connectivity index (χ3n) is 4.89. The topological polar surface area (TPSA) is 113 Å². The zero-order valence-corrected chi connectivity index (χ0v) is 17.3. The summed E-state index contributed by atoms with van der Waals surface area (Å²) in [6.45, 7) is 2.63. The van der Waals surface area contributed by atoms with Crippen LogP contribution in [0.2, 0.25) is 0 Å². The molecule has 1 amide bonds. The molecule has 0 rings (SSSR count). The minimum absolute atomic E-state index is 0.0375. The van der Waals surface area contributed by atoms with Crippen LogP contribution in [0.25, 0.3) is 0 Å². The first-order valence-corrected chi connectivity index (χ1v) is 10.9. The van der Waals surface area contributed by atoms with Crippen LogP contribution in [-0.2, 0) is 9.59 Å². The molecule has 0 aliphatic heterocycles. The van der Waals surface area contributed by atoms with E-state index >= 15 is 0 Å². The summed E-state index contributed by atoms with van der Waals surface area (Å²) >= 11 is 0. The lowest BCUT2D eigenvalue weighted by Crippen LogP contribution is -2.42. The number of hydrogen-bond acceptors (Lipinski definition) is 4. The molecule has 0 aromatic carbocycles. The van der Waals surface area contributed by atoms with Crippen molar-refractivity contribution < 1.29 is 19.8 Å². The second kappa shape index (κ2) is 18.2. The van der Waals surface area contributed by atoms with E-state index in [4.69, 9.17) is 10.8 Å². The van der Waals surface area contributed by atoms with Gasteiger partial charge in [-0.3, -0.25) is 4.79 Å². The largest absolute Gasteiger partial charge is 0.480 e. The van der Waals surface area contributed by atoms with Gasteiger partial charge in [-0.2, -0.15) is 0 Å². The van der Waals surface area contributed by atoms with Gasteiger partial charge in [0.25, 0.3) is 0 Å². The predicted octanol–water partition coefficient (Wildman–Crippen LogP) is 3.75. The molecule has 0 saturated heterocycles. The maximum atomic E-state index is 11.9. The van der Waals surface area contributed by atoms with Crippen molar-refractivity contribution in [3.63, 3.8) is 0 Å². The number of nitrogens with two attached hydrogens (primary N) is 1. The van der Waals surface area contributed by atoms with Gasteiger partial charge in [0.1, 0.15) is 6.04 Å². The third-order valence-corrected chi connectivity index (χ3v) is 4.89.